The Morgan fingerprint density at radius 3 is 2.57 bits per heavy atom. The maximum Gasteiger partial charge on any atom is 0.123 e. The number of benzene rings is 1. The summed E-state index contributed by atoms with van der Waals surface area (Å²) in [6, 6.07) is 6.36. The van der Waals surface area contributed by atoms with E-state index in [-0.39, 0.29) is 5.82 Å². The summed E-state index contributed by atoms with van der Waals surface area (Å²) in [4.78, 5) is 4.29. The molecule has 0 heterocycles. The lowest BCUT2D eigenvalue weighted by molar-refractivity contribution is 0.578. The lowest BCUT2D eigenvalue weighted by atomic mass is 10.1. The zero-order valence-electron chi connectivity index (χ0n) is 8.70. The van der Waals surface area contributed by atoms with Gasteiger partial charge in [-0.15, -0.1) is 0 Å². The minimum atomic E-state index is -0.205. The minimum Gasteiger partial charge on any atom is -0.292 e. The Kier molecular flexibility index (Phi) is 4.30. The van der Waals surface area contributed by atoms with Crippen molar-refractivity contribution < 1.29 is 4.39 Å². The van der Waals surface area contributed by atoms with Gasteiger partial charge in [0, 0.05) is 12.8 Å². The van der Waals surface area contributed by atoms with E-state index in [1.165, 1.54) is 12.1 Å². The van der Waals surface area contributed by atoms with Crippen LogP contribution >= 0.6 is 0 Å². The number of halogens is 1. The Labute approximate surface area is 84.7 Å². The third-order valence-corrected chi connectivity index (χ3v) is 2.22. The third-order valence-electron chi connectivity index (χ3n) is 2.22. The summed E-state index contributed by atoms with van der Waals surface area (Å²) in [5.74, 6) is 0.413. The fourth-order valence-electron chi connectivity index (χ4n) is 1.02. The van der Waals surface area contributed by atoms with Gasteiger partial charge >= 0.3 is 0 Å². The molecule has 0 fully saturated rings. The lowest BCUT2D eigenvalue weighted by Crippen LogP contribution is -1.97. The molecule has 1 aromatic rings. The van der Waals surface area contributed by atoms with Gasteiger partial charge in [0.15, 0.2) is 0 Å². The SMILES string of the molecule is CCC(C)CN=Cc1ccc(F)cc1. The molecule has 0 N–H and O–H groups in total. The first kappa shape index (κ1) is 10.9. The average Bonchev–Trinajstić information content (AvgIpc) is 2.21. The van der Waals surface area contributed by atoms with Crippen molar-refractivity contribution in [1.29, 1.82) is 0 Å². The molecule has 0 spiro atoms. The van der Waals surface area contributed by atoms with E-state index in [9.17, 15) is 4.39 Å². The monoisotopic (exact) mass is 193 g/mol. The van der Waals surface area contributed by atoms with Crippen LogP contribution in [-0.2, 0) is 0 Å². The molecular formula is C12H16FN. The summed E-state index contributed by atoms with van der Waals surface area (Å²) >= 11 is 0. The third kappa shape index (κ3) is 3.69. The number of hydrogen-bond donors (Lipinski definition) is 0. The van der Waals surface area contributed by atoms with E-state index in [1.54, 1.807) is 18.3 Å². The topological polar surface area (TPSA) is 12.4 Å². The van der Waals surface area contributed by atoms with Crippen molar-refractivity contribution in [3.05, 3.63) is 35.6 Å². The molecule has 0 aromatic heterocycles. The molecule has 0 aliphatic rings. The number of nitrogens with zero attached hydrogens (tertiary/aromatic N) is 1. The normalized spacial score (nSPS) is 13.4. The summed E-state index contributed by atoms with van der Waals surface area (Å²) in [7, 11) is 0. The molecule has 0 aliphatic carbocycles. The molecule has 0 amide bonds. The van der Waals surface area contributed by atoms with E-state index in [4.69, 9.17) is 0 Å². The van der Waals surface area contributed by atoms with Gasteiger partial charge in [0.25, 0.3) is 0 Å². The van der Waals surface area contributed by atoms with Gasteiger partial charge in [-0.05, 0) is 23.6 Å². The van der Waals surface area contributed by atoms with Crippen molar-refractivity contribution in [2.24, 2.45) is 10.9 Å². The highest BCUT2D eigenvalue weighted by Gasteiger charge is 1.94. The molecule has 0 saturated heterocycles. The number of hydrogen-bond acceptors (Lipinski definition) is 1. The molecule has 0 aliphatic heterocycles. The van der Waals surface area contributed by atoms with Gasteiger partial charge < -0.3 is 0 Å². The van der Waals surface area contributed by atoms with Crippen LogP contribution in [0, 0.1) is 11.7 Å². The Morgan fingerprint density at radius 1 is 1.36 bits per heavy atom. The maximum atomic E-state index is 12.5. The second-order valence-electron chi connectivity index (χ2n) is 3.56. The smallest absolute Gasteiger partial charge is 0.123 e. The summed E-state index contributed by atoms with van der Waals surface area (Å²) in [5, 5.41) is 0. The summed E-state index contributed by atoms with van der Waals surface area (Å²) in [6.07, 6.45) is 2.94. The Bertz CT molecular complexity index is 290. The van der Waals surface area contributed by atoms with Crippen molar-refractivity contribution in [3.63, 3.8) is 0 Å². The predicted molar refractivity (Wildman–Crippen MR) is 58.3 cm³/mol. The fraction of sp³-hybridized carbons (Fsp3) is 0.417. The highest BCUT2D eigenvalue weighted by molar-refractivity contribution is 5.79. The highest BCUT2D eigenvalue weighted by Crippen LogP contribution is 2.02. The summed E-state index contributed by atoms with van der Waals surface area (Å²) in [6.45, 7) is 5.16. The van der Waals surface area contributed by atoms with Crippen LogP contribution in [0.15, 0.2) is 29.3 Å². The van der Waals surface area contributed by atoms with E-state index in [1.807, 2.05) is 0 Å². The number of aliphatic imine (C=N–C) groups is 1. The molecule has 0 radical (unpaired) electrons. The Morgan fingerprint density at radius 2 is 2.00 bits per heavy atom. The molecule has 76 valence electrons. The second kappa shape index (κ2) is 5.53. The van der Waals surface area contributed by atoms with Crippen molar-refractivity contribution in [1.82, 2.24) is 0 Å². The fourth-order valence-corrected chi connectivity index (χ4v) is 1.02. The van der Waals surface area contributed by atoms with Crippen molar-refractivity contribution in [3.8, 4) is 0 Å². The van der Waals surface area contributed by atoms with E-state index in [0.717, 1.165) is 18.5 Å². The van der Waals surface area contributed by atoms with Gasteiger partial charge in [-0.25, -0.2) is 4.39 Å². The van der Waals surface area contributed by atoms with Crippen molar-refractivity contribution in [2.75, 3.05) is 6.54 Å². The highest BCUT2D eigenvalue weighted by atomic mass is 19.1. The zero-order valence-corrected chi connectivity index (χ0v) is 8.70. The molecule has 0 bridgehead atoms. The van der Waals surface area contributed by atoms with Crippen LogP contribution in [0.3, 0.4) is 0 Å². The van der Waals surface area contributed by atoms with Gasteiger partial charge in [-0.3, -0.25) is 4.99 Å². The van der Waals surface area contributed by atoms with Crippen LogP contribution in [0.2, 0.25) is 0 Å². The molecule has 1 rings (SSSR count). The Hall–Kier alpha value is -1.18. The first-order valence-electron chi connectivity index (χ1n) is 4.97. The van der Waals surface area contributed by atoms with Crippen LogP contribution in [-0.4, -0.2) is 12.8 Å². The first-order valence-corrected chi connectivity index (χ1v) is 4.97. The summed E-state index contributed by atoms with van der Waals surface area (Å²) in [5.41, 5.74) is 0.953. The van der Waals surface area contributed by atoms with Gasteiger partial charge in [-0.1, -0.05) is 32.4 Å². The van der Waals surface area contributed by atoms with Crippen LogP contribution in [0.5, 0.6) is 0 Å². The maximum absolute atomic E-state index is 12.5. The van der Waals surface area contributed by atoms with Gasteiger partial charge in [0.2, 0.25) is 0 Å². The minimum absolute atomic E-state index is 0.205. The molecule has 2 heteroatoms. The largest absolute Gasteiger partial charge is 0.292 e. The van der Waals surface area contributed by atoms with Gasteiger partial charge in [-0.2, -0.15) is 0 Å². The van der Waals surface area contributed by atoms with E-state index in [0.29, 0.717) is 5.92 Å². The molecule has 0 saturated carbocycles. The van der Waals surface area contributed by atoms with Crippen LogP contribution in [0.25, 0.3) is 0 Å². The van der Waals surface area contributed by atoms with Crippen molar-refractivity contribution in [2.45, 2.75) is 20.3 Å². The van der Waals surface area contributed by atoms with Gasteiger partial charge in [0.05, 0.1) is 0 Å². The zero-order chi connectivity index (χ0) is 10.4. The number of rotatable bonds is 4. The van der Waals surface area contributed by atoms with E-state index < -0.39 is 0 Å². The van der Waals surface area contributed by atoms with Crippen LogP contribution in [0.4, 0.5) is 4.39 Å². The quantitative estimate of drug-likeness (QED) is 0.651. The molecule has 14 heavy (non-hydrogen) atoms. The predicted octanol–water partition coefficient (Wildman–Crippen LogP) is 3.29. The average molecular weight is 193 g/mol. The molecular weight excluding hydrogens is 177 g/mol. The molecule has 1 aromatic carbocycles. The van der Waals surface area contributed by atoms with Crippen LogP contribution in [0.1, 0.15) is 25.8 Å². The Balaban J connectivity index is 2.48. The van der Waals surface area contributed by atoms with Crippen molar-refractivity contribution >= 4 is 6.21 Å². The first-order chi connectivity index (χ1) is 6.72. The van der Waals surface area contributed by atoms with Crippen LogP contribution < -0.4 is 0 Å². The van der Waals surface area contributed by atoms with E-state index >= 15 is 0 Å². The molecule has 1 nitrogen and oxygen atoms in total. The van der Waals surface area contributed by atoms with E-state index in [2.05, 4.69) is 18.8 Å². The lowest BCUT2D eigenvalue weighted by Gasteiger charge is -2.01. The molecule has 1 unspecified atom stereocenters. The second-order valence-corrected chi connectivity index (χ2v) is 3.56. The standard InChI is InChI=1S/C12H16FN/c1-3-10(2)8-14-9-11-4-6-12(13)7-5-11/h4-7,9-10H,3,8H2,1-2H3. The summed E-state index contributed by atoms with van der Waals surface area (Å²) < 4.78 is 12.5. The van der Waals surface area contributed by atoms with Gasteiger partial charge in [0.1, 0.15) is 5.82 Å². The molecule has 1 atom stereocenters.